The molecule has 2 rings (SSSR count). The molecule has 4 heteroatoms. The highest BCUT2D eigenvalue weighted by Crippen LogP contribution is 2.21. The summed E-state index contributed by atoms with van der Waals surface area (Å²) in [5, 5.41) is 0. The van der Waals surface area contributed by atoms with Gasteiger partial charge in [0.1, 0.15) is 11.4 Å². The average Bonchev–Trinajstić information content (AvgIpc) is 2.39. The van der Waals surface area contributed by atoms with Gasteiger partial charge >= 0.3 is 0 Å². The number of rotatable bonds is 3. The number of ether oxygens (including phenoxy) is 1. The van der Waals surface area contributed by atoms with E-state index in [-0.39, 0.29) is 0 Å². The van der Waals surface area contributed by atoms with E-state index in [1.54, 1.807) is 13.3 Å². The van der Waals surface area contributed by atoms with Gasteiger partial charge in [0, 0.05) is 5.56 Å². The second-order valence-corrected chi connectivity index (χ2v) is 3.18. The Hall–Kier alpha value is -2.23. The molecule has 0 bridgehead atoms. The van der Waals surface area contributed by atoms with Crippen molar-refractivity contribution in [1.82, 2.24) is 9.97 Å². The van der Waals surface area contributed by atoms with Crippen molar-refractivity contribution in [3.63, 3.8) is 0 Å². The Morgan fingerprint density at radius 2 is 2.19 bits per heavy atom. The van der Waals surface area contributed by atoms with Crippen LogP contribution in [0.25, 0.3) is 11.3 Å². The second kappa shape index (κ2) is 4.53. The van der Waals surface area contributed by atoms with E-state index in [4.69, 9.17) is 4.74 Å². The molecule has 0 atom stereocenters. The van der Waals surface area contributed by atoms with Gasteiger partial charge in [-0.1, -0.05) is 12.1 Å². The topological polar surface area (TPSA) is 52.1 Å². The molecule has 0 spiro atoms. The summed E-state index contributed by atoms with van der Waals surface area (Å²) >= 11 is 0. The summed E-state index contributed by atoms with van der Waals surface area (Å²) in [4.78, 5) is 18.7. The van der Waals surface area contributed by atoms with Crippen molar-refractivity contribution in [2.45, 2.75) is 0 Å². The molecular formula is C12H10N2O2. The molecule has 0 amide bonds. The Morgan fingerprint density at radius 1 is 1.31 bits per heavy atom. The van der Waals surface area contributed by atoms with Crippen LogP contribution in [0.15, 0.2) is 36.7 Å². The summed E-state index contributed by atoms with van der Waals surface area (Å²) < 4.78 is 5.12. The van der Waals surface area contributed by atoms with E-state index < -0.39 is 0 Å². The van der Waals surface area contributed by atoms with Crippen LogP contribution in [0.3, 0.4) is 0 Å². The Labute approximate surface area is 92.9 Å². The number of methoxy groups -OCH3 is 1. The number of aldehydes is 1. The van der Waals surface area contributed by atoms with Gasteiger partial charge in [-0.2, -0.15) is 0 Å². The zero-order chi connectivity index (χ0) is 11.4. The van der Waals surface area contributed by atoms with Crippen LogP contribution >= 0.6 is 0 Å². The molecule has 2 aromatic rings. The van der Waals surface area contributed by atoms with Crippen LogP contribution < -0.4 is 4.74 Å². The number of nitrogens with zero attached hydrogens (tertiary/aromatic N) is 2. The molecule has 1 aromatic heterocycles. The summed E-state index contributed by atoms with van der Waals surface area (Å²) in [6, 6.07) is 7.45. The zero-order valence-electron chi connectivity index (χ0n) is 8.75. The number of hydrogen-bond acceptors (Lipinski definition) is 4. The first kappa shape index (κ1) is 10.3. The second-order valence-electron chi connectivity index (χ2n) is 3.18. The zero-order valence-corrected chi connectivity index (χ0v) is 8.75. The van der Waals surface area contributed by atoms with E-state index in [1.807, 2.05) is 24.3 Å². The lowest BCUT2D eigenvalue weighted by Crippen LogP contribution is -1.92. The maximum atomic E-state index is 10.6. The highest BCUT2D eigenvalue weighted by atomic mass is 16.5. The van der Waals surface area contributed by atoms with Crippen molar-refractivity contribution in [2.24, 2.45) is 0 Å². The molecule has 0 fully saturated rings. The minimum Gasteiger partial charge on any atom is -0.497 e. The minimum atomic E-state index is 0.320. The van der Waals surface area contributed by atoms with Crippen LogP contribution in [0, 0.1) is 0 Å². The molecule has 0 aliphatic carbocycles. The van der Waals surface area contributed by atoms with Gasteiger partial charge in [-0.25, -0.2) is 4.98 Å². The highest BCUT2D eigenvalue weighted by molar-refractivity contribution is 5.73. The van der Waals surface area contributed by atoms with Crippen LogP contribution in [-0.2, 0) is 0 Å². The summed E-state index contributed by atoms with van der Waals surface area (Å²) in [6.07, 6.45) is 3.72. The molecule has 1 aromatic carbocycles. The van der Waals surface area contributed by atoms with Gasteiger partial charge in [0.05, 0.1) is 25.2 Å². The molecule has 0 N–H and O–H groups in total. The van der Waals surface area contributed by atoms with Gasteiger partial charge in [0.15, 0.2) is 6.29 Å². The molecule has 0 radical (unpaired) electrons. The van der Waals surface area contributed by atoms with Gasteiger partial charge in [-0.15, -0.1) is 0 Å². The van der Waals surface area contributed by atoms with Crippen LogP contribution in [0.2, 0.25) is 0 Å². The van der Waals surface area contributed by atoms with E-state index in [1.165, 1.54) is 6.20 Å². The standard InChI is InChI=1S/C12H10N2O2/c1-16-11-4-2-3-9(5-11)12-7-13-6-10(8-15)14-12/h2-8H,1H3. The van der Waals surface area contributed by atoms with Crippen LogP contribution in [0.1, 0.15) is 10.5 Å². The Bertz CT molecular complexity index is 512. The summed E-state index contributed by atoms with van der Waals surface area (Å²) in [5.74, 6) is 0.746. The van der Waals surface area contributed by atoms with Gasteiger partial charge in [-0.05, 0) is 12.1 Å². The van der Waals surface area contributed by atoms with E-state index in [2.05, 4.69) is 9.97 Å². The fourth-order valence-electron chi connectivity index (χ4n) is 1.36. The Kier molecular flexibility index (Phi) is 2.91. The molecule has 0 saturated carbocycles. The Morgan fingerprint density at radius 3 is 2.94 bits per heavy atom. The third-order valence-corrected chi connectivity index (χ3v) is 2.14. The van der Waals surface area contributed by atoms with Gasteiger partial charge < -0.3 is 4.74 Å². The first-order valence-corrected chi connectivity index (χ1v) is 4.75. The molecule has 0 unspecified atom stereocenters. The van der Waals surface area contributed by atoms with Crippen LogP contribution in [-0.4, -0.2) is 23.4 Å². The van der Waals surface area contributed by atoms with E-state index in [0.29, 0.717) is 17.7 Å². The SMILES string of the molecule is COc1cccc(-c2cncc(C=O)n2)c1. The molecule has 0 aliphatic heterocycles. The van der Waals surface area contributed by atoms with Crippen molar-refractivity contribution < 1.29 is 9.53 Å². The highest BCUT2D eigenvalue weighted by Gasteiger charge is 2.02. The molecule has 80 valence electrons. The smallest absolute Gasteiger partial charge is 0.170 e. The Balaban J connectivity index is 2.45. The van der Waals surface area contributed by atoms with Crippen molar-refractivity contribution in [2.75, 3.05) is 7.11 Å². The van der Waals surface area contributed by atoms with Crippen molar-refractivity contribution in [1.29, 1.82) is 0 Å². The quantitative estimate of drug-likeness (QED) is 0.733. The molecular weight excluding hydrogens is 204 g/mol. The number of benzene rings is 1. The predicted molar refractivity (Wildman–Crippen MR) is 59.4 cm³/mol. The third kappa shape index (κ3) is 2.06. The number of carbonyl (C=O) groups is 1. The first-order chi connectivity index (χ1) is 7.83. The molecule has 0 aliphatic rings. The number of hydrogen-bond donors (Lipinski definition) is 0. The normalized spacial score (nSPS) is 9.81. The van der Waals surface area contributed by atoms with E-state index in [0.717, 1.165) is 11.3 Å². The van der Waals surface area contributed by atoms with E-state index in [9.17, 15) is 4.79 Å². The maximum Gasteiger partial charge on any atom is 0.170 e. The van der Waals surface area contributed by atoms with Crippen LogP contribution in [0.5, 0.6) is 5.75 Å². The van der Waals surface area contributed by atoms with Gasteiger partial charge in [0.2, 0.25) is 0 Å². The van der Waals surface area contributed by atoms with Crippen molar-refractivity contribution in [3.8, 4) is 17.0 Å². The lowest BCUT2D eigenvalue weighted by Gasteiger charge is -2.03. The third-order valence-electron chi connectivity index (χ3n) is 2.14. The number of carbonyl (C=O) groups excluding carboxylic acids is 1. The fraction of sp³-hybridized carbons (Fsp3) is 0.0833. The monoisotopic (exact) mass is 214 g/mol. The number of aromatic nitrogens is 2. The lowest BCUT2D eigenvalue weighted by atomic mass is 10.1. The van der Waals surface area contributed by atoms with Crippen molar-refractivity contribution in [3.05, 3.63) is 42.4 Å². The predicted octanol–water partition coefficient (Wildman–Crippen LogP) is 1.96. The molecule has 4 nitrogen and oxygen atoms in total. The average molecular weight is 214 g/mol. The minimum absolute atomic E-state index is 0.320. The lowest BCUT2D eigenvalue weighted by molar-refractivity contribution is 0.111. The largest absolute Gasteiger partial charge is 0.497 e. The summed E-state index contributed by atoms with van der Waals surface area (Å²) in [5.41, 5.74) is 1.85. The van der Waals surface area contributed by atoms with Gasteiger partial charge in [-0.3, -0.25) is 9.78 Å². The molecule has 0 saturated heterocycles. The fourth-order valence-corrected chi connectivity index (χ4v) is 1.36. The molecule has 1 heterocycles. The van der Waals surface area contributed by atoms with E-state index >= 15 is 0 Å². The summed E-state index contributed by atoms with van der Waals surface area (Å²) in [6.45, 7) is 0. The molecule has 16 heavy (non-hydrogen) atoms. The first-order valence-electron chi connectivity index (χ1n) is 4.75. The maximum absolute atomic E-state index is 10.6. The van der Waals surface area contributed by atoms with Crippen LogP contribution in [0.4, 0.5) is 0 Å². The van der Waals surface area contributed by atoms with Crippen molar-refractivity contribution >= 4 is 6.29 Å². The summed E-state index contributed by atoms with van der Waals surface area (Å²) in [7, 11) is 1.60. The van der Waals surface area contributed by atoms with Gasteiger partial charge in [0.25, 0.3) is 0 Å².